The highest BCUT2D eigenvalue weighted by atomic mass is 16.5. The van der Waals surface area contributed by atoms with Crippen molar-refractivity contribution in [3.05, 3.63) is 0 Å². The molecule has 21 heavy (non-hydrogen) atoms. The predicted octanol–water partition coefficient (Wildman–Crippen LogP) is 1.98. The number of aliphatic hydroxyl groups is 1. The minimum absolute atomic E-state index is 0.0403. The Hall–Kier alpha value is -1.10. The van der Waals surface area contributed by atoms with Crippen molar-refractivity contribution in [1.82, 2.24) is 4.90 Å². The van der Waals surface area contributed by atoms with Crippen molar-refractivity contribution in [3.63, 3.8) is 0 Å². The molecule has 1 saturated carbocycles. The summed E-state index contributed by atoms with van der Waals surface area (Å²) in [7, 11) is 1.35. The second kappa shape index (κ2) is 9.03. The first-order valence-electron chi connectivity index (χ1n) is 7.97. The Bertz CT molecular complexity index is 337. The quantitative estimate of drug-likeness (QED) is 0.730. The van der Waals surface area contributed by atoms with Crippen LogP contribution in [0.25, 0.3) is 0 Å². The third kappa shape index (κ3) is 6.46. The van der Waals surface area contributed by atoms with Gasteiger partial charge in [0.15, 0.2) is 0 Å². The number of amides is 1. The van der Waals surface area contributed by atoms with Gasteiger partial charge in [-0.25, -0.2) is 0 Å². The summed E-state index contributed by atoms with van der Waals surface area (Å²) in [6.45, 7) is 3.98. The molecule has 5 nitrogen and oxygen atoms in total. The van der Waals surface area contributed by atoms with E-state index in [-0.39, 0.29) is 24.3 Å². The molecule has 1 fully saturated rings. The molecule has 0 aliphatic heterocycles. The number of nitrogens with zero attached hydrogens (tertiary/aromatic N) is 1. The number of methoxy groups -OCH3 is 1. The summed E-state index contributed by atoms with van der Waals surface area (Å²) >= 11 is 0. The zero-order valence-electron chi connectivity index (χ0n) is 13.5. The van der Waals surface area contributed by atoms with E-state index in [0.717, 1.165) is 12.8 Å². The fourth-order valence-corrected chi connectivity index (χ4v) is 2.97. The van der Waals surface area contributed by atoms with E-state index in [1.807, 2.05) is 0 Å². The third-order valence-corrected chi connectivity index (χ3v) is 4.12. The number of rotatable bonds is 7. The van der Waals surface area contributed by atoms with Crippen LogP contribution in [0.3, 0.4) is 0 Å². The number of ether oxygens (including phenoxy) is 1. The Labute approximate surface area is 127 Å². The molecule has 1 N–H and O–H groups in total. The molecule has 0 spiro atoms. The van der Waals surface area contributed by atoms with Crippen LogP contribution >= 0.6 is 0 Å². The van der Waals surface area contributed by atoms with Gasteiger partial charge in [-0.1, -0.05) is 26.2 Å². The lowest BCUT2D eigenvalue weighted by Gasteiger charge is -2.29. The first-order chi connectivity index (χ1) is 9.93. The first-order valence-corrected chi connectivity index (χ1v) is 7.97. The maximum Gasteiger partial charge on any atom is 0.310 e. The maximum atomic E-state index is 12.5. The van der Waals surface area contributed by atoms with E-state index in [0.29, 0.717) is 18.9 Å². The summed E-state index contributed by atoms with van der Waals surface area (Å²) < 4.78 is 4.71. The molecule has 0 aromatic heterocycles. The SMILES string of the molecule is COC(=O)C(C)CN(CC(C)O)C(=O)CC1CCCCC1. The molecule has 0 saturated heterocycles. The van der Waals surface area contributed by atoms with Crippen molar-refractivity contribution in [3.8, 4) is 0 Å². The molecule has 1 aliphatic rings. The summed E-state index contributed by atoms with van der Waals surface area (Å²) in [6.07, 6.45) is 5.83. The van der Waals surface area contributed by atoms with E-state index >= 15 is 0 Å². The summed E-state index contributed by atoms with van der Waals surface area (Å²) in [5.41, 5.74) is 0. The molecule has 0 bridgehead atoms. The van der Waals surface area contributed by atoms with Gasteiger partial charge in [0.25, 0.3) is 0 Å². The summed E-state index contributed by atoms with van der Waals surface area (Å²) in [5.74, 6) is -0.199. The van der Waals surface area contributed by atoms with Crippen molar-refractivity contribution in [2.24, 2.45) is 11.8 Å². The number of hydrogen-bond acceptors (Lipinski definition) is 4. The third-order valence-electron chi connectivity index (χ3n) is 4.12. The highest BCUT2D eigenvalue weighted by Gasteiger charge is 2.25. The minimum Gasteiger partial charge on any atom is -0.469 e. The van der Waals surface area contributed by atoms with Gasteiger partial charge < -0.3 is 14.7 Å². The monoisotopic (exact) mass is 299 g/mol. The lowest BCUT2D eigenvalue weighted by molar-refractivity contribution is -0.147. The van der Waals surface area contributed by atoms with Gasteiger partial charge >= 0.3 is 5.97 Å². The molecule has 1 aliphatic carbocycles. The average Bonchev–Trinajstić information content (AvgIpc) is 2.46. The van der Waals surface area contributed by atoms with Crippen molar-refractivity contribution < 1.29 is 19.4 Å². The van der Waals surface area contributed by atoms with Gasteiger partial charge in [0.1, 0.15) is 0 Å². The molecule has 0 aromatic carbocycles. The summed E-state index contributed by atoms with van der Waals surface area (Å²) in [5, 5.41) is 9.58. The predicted molar refractivity (Wildman–Crippen MR) is 80.6 cm³/mol. The number of carbonyl (C=O) groups excluding carboxylic acids is 2. The van der Waals surface area contributed by atoms with Crippen LogP contribution in [0.5, 0.6) is 0 Å². The Morgan fingerprint density at radius 3 is 2.33 bits per heavy atom. The van der Waals surface area contributed by atoms with Crippen molar-refractivity contribution >= 4 is 11.9 Å². The van der Waals surface area contributed by atoms with Gasteiger partial charge in [-0.2, -0.15) is 0 Å². The summed E-state index contributed by atoms with van der Waals surface area (Å²) in [6, 6.07) is 0. The number of hydrogen-bond donors (Lipinski definition) is 1. The van der Waals surface area contributed by atoms with Crippen LogP contribution in [0.1, 0.15) is 52.4 Å². The maximum absolute atomic E-state index is 12.5. The largest absolute Gasteiger partial charge is 0.469 e. The van der Waals surface area contributed by atoms with Crippen LogP contribution in [0, 0.1) is 11.8 Å². The summed E-state index contributed by atoms with van der Waals surface area (Å²) in [4.78, 5) is 25.6. The van der Waals surface area contributed by atoms with Gasteiger partial charge in [0.2, 0.25) is 5.91 Å². The van der Waals surface area contributed by atoms with Crippen molar-refractivity contribution in [2.75, 3.05) is 20.2 Å². The molecule has 2 unspecified atom stereocenters. The molecule has 122 valence electrons. The normalized spacial score (nSPS) is 18.9. The zero-order chi connectivity index (χ0) is 15.8. The van der Waals surface area contributed by atoms with E-state index in [1.54, 1.807) is 18.7 Å². The molecule has 1 amide bonds. The average molecular weight is 299 g/mol. The lowest BCUT2D eigenvalue weighted by Crippen LogP contribution is -2.41. The van der Waals surface area contributed by atoms with E-state index in [2.05, 4.69) is 0 Å². The smallest absolute Gasteiger partial charge is 0.310 e. The van der Waals surface area contributed by atoms with Crippen LogP contribution in [0.4, 0.5) is 0 Å². The fourth-order valence-electron chi connectivity index (χ4n) is 2.97. The van der Waals surface area contributed by atoms with Gasteiger partial charge in [0, 0.05) is 19.5 Å². The molecular formula is C16H29NO4. The van der Waals surface area contributed by atoms with Crippen LogP contribution in [-0.2, 0) is 14.3 Å². The van der Waals surface area contributed by atoms with E-state index in [4.69, 9.17) is 4.74 Å². The number of carbonyl (C=O) groups is 2. The topological polar surface area (TPSA) is 66.8 Å². The van der Waals surface area contributed by atoms with Crippen LogP contribution in [0.2, 0.25) is 0 Å². The van der Waals surface area contributed by atoms with Crippen LogP contribution in [-0.4, -0.2) is 48.2 Å². The van der Waals surface area contributed by atoms with E-state index in [1.165, 1.54) is 26.4 Å². The van der Waals surface area contributed by atoms with Gasteiger partial charge in [-0.05, 0) is 25.7 Å². The van der Waals surface area contributed by atoms with Gasteiger partial charge in [-0.3, -0.25) is 9.59 Å². The molecule has 5 heteroatoms. The Balaban J connectivity index is 2.57. The molecule has 1 rings (SSSR count). The first kappa shape index (κ1) is 18.0. The minimum atomic E-state index is -0.592. The van der Waals surface area contributed by atoms with E-state index < -0.39 is 6.10 Å². The molecule has 2 atom stereocenters. The van der Waals surface area contributed by atoms with Crippen LogP contribution < -0.4 is 0 Å². The van der Waals surface area contributed by atoms with E-state index in [9.17, 15) is 14.7 Å². The van der Waals surface area contributed by atoms with Gasteiger partial charge in [0.05, 0.1) is 19.1 Å². The molecular weight excluding hydrogens is 270 g/mol. The highest BCUT2D eigenvalue weighted by Crippen LogP contribution is 2.27. The zero-order valence-corrected chi connectivity index (χ0v) is 13.5. The Morgan fingerprint density at radius 2 is 1.81 bits per heavy atom. The molecule has 0 aromatic rings. The van der Waals surface area contributed by atoms with Crippen molar-refractivity contribution in [2.45, 2.75) is 58.5 Å². The van der Waals surface area contributed by atoms with Crippen molar-refractivity contribution in [1.29, 1.82) is 0 Å². The second-order valence-electron chi connectivity index (χ2n) is 6.28. The molecule has 0 radical (unpaired) electrons. The molecule has 0 heterocycles. The van der Waals surface area contributed by atoms with Gasteiger partial charge in [-0.15, -0.1) is 0 Å². The standard InChI is InChI=1S/C16H29NO4/c1-12(16(20)21-3)10-17(11-13(2)18)15(19)9-14-7-5-4-6-8-14/h12-14,18H,4-11H2,1-3H3. The Morgan fingerprint density at radius 1 is 1.19 bits per heavy atom. The Kier molecular flexibility index (Phi) is 7.72. The number of esters is 1. The number of aliphatic hydroxyl groups excluding tert-OH is 1. The second-order valence-corrected chi connectivity index (χ2v) is 6.28. The fraction of sp³-hybridized carbons (Fsp3) is 0.875. The lowest BCUT2D eigenvalue weighted by atomic mass is 9.86. The highest BCUT2D eigenvalue weighted by molar-refractivity contribution is 5.78. The van der Waals surface area contributed by atoms with Crippen LogP contribution in [0.15, 0.2) is 0 Å².